The highest BCUT2D eigenvalue weighted by molar-refractivity contribution is 5.81. The monoisotopic (exact) mass is 280 g/mol. The third kappa shape index (κ3) is 3.28. The fourth-order valence-corrected chi connectivity index (χ4v) is 2.38. The van der Waals surface area contributed by atoms with Crippen molar-refractivity contribution in [2.45, 2.75) is 31.9 Å². The molecule has 2 unspecified atom stereocenters. The van der Waals surface area contributed by atoms with Crippen molar-refractivity contribution in [3.05, 3.63) is 30.1 Å². The normalized spacial score (nSPS) is 19.6. The summed E-state index contributed by atoms with van der Waals surface area (Å²) in [6, 6.07) is 6.36. The molecule has 1 aromatic rings. The predicted octanol–water partition coefficient (Wildman–Crippen LogP) is 1.80. The van der Waals surface area contributed by atoms with Crippen molar-refractivity contribution in [1.82, 2.24) is 10.2 Å². The Bertz CT molecular complexity index is 461. The second kappa shape index (κ2) is 6.70. The molecule has 2 rings (SSSR count). The molecule has 1 aliphatic heterocycles. The van der Waals surface area contributed by atoms with Gasteiger partial charge in [-0.15, -0.1) is 0 Å². The summed E-state index contributed by atoms with van der Waals surface area (Å²) in [5.74, 6) is -0.404. The first-order chi connectivity index (χ1) is 9.63. The van der Waals surface area contributed by atoms with E-state index < -0.39 is 11.9 Å². The van der Waals surface area contributed by atoms with Gasteiger partial charge in [-0.2, -0.15) is 0 Å². The van der Waals surface area contributed by atoms with Gasteiger partial charge >= 0.3 is 0 Å². The van der Waals surface area contributed by atoms with Crippen LogP contribution in [-0.4, -0.2) is 43.1 Å². The van der Waals surface area contributed by atoms with Crippen molar-refractivity contribution in [1.29, 1.82) is 0 Å². The van der Waals surface area contributed by atoms with Crippen LogP contribution in [-0.2, 0) is 4.79 Å². The minimum absolute atomic E-state index is 0.0931. The van der Waals surface area contributed by atoms with E-state index in [-0.39, 0.29) is 17.7 Å². The lowest BCUT2D eigenvalue weighted by Crippen LogP contribution is -2.45. The number of carbonyl (C=O) groups is 1. The van der Waals surface area contributed by atoms with Crippen molar-refractivity contribution in [3.8, 4) is 5.75 Å². The van der Waals surface area contributed by atoms with E-state index in [0.29, 0.717) is 6.42 Å². The van der Waals surface area contributed by atoms with Crippen molar-refractivity contribution in [3.63, 3.8) is 0 Å². The summed E-state index contributed by atoms with van der Waals surface area (Å²) in [4.78, 5) is 14.1. The first-order valence-corrected chi connectivity index (χ1v) is 7.02. The van der Waals surface area contributed by atoms with E-state index in [0.717, 1.165) is 19.5 Å². The van der Waals surface area contributed by atoms with Crippen molar-refractivity contribution < 1.29 is 13.9 Å². The van der Waals surface area contributed by atoms with Crippen LogP contribution in [0.3, 0.4) is 0 Å². The highest BCUT2D eigenvalue weighted by Gasteiger charge is 2.29. The molecule has 110 valence electrons. The largest absolute Gasteiger partial charge is 0.478 e. The number of nitrogens with zero attached hydrogens (tertiary/aromatic N) is 1. The number of halogens is 1. The van der Waals surface area contributed by atoms with Gasteiger partial charge in [-0.05, 0) is 31.5 Å². The zero-order valence-corrected chi connectivity index (χ0v) is 11.9. The lowest BCUT2D eigenvalue weighted by Gasteiger charge is -2.28. The number of carbonyl (C=O) groups excluding carboxylic acids is 1. The third-order valence-electron chi connectivity index (χ3n) is 3.68. The van der Waals surface area contributed by atoms with Crippen LogP contribution in [0.1, 0.15) is 19.8 Å². The number of para-hydroxylation sites is 1. The third-order valence-corrected chi connectivity index (χ3v) is 3.68. The molecule has 0 aliphatic carbocycles. The Morgan fingerprint density at radius 1 is 1.55 bits per heavy atom. The summed E-state index contributed by atoms with van der Waals surface area (Å²) in [5, 5.41) is 3.23. The van der Waals surface area contributed by atoms with Crippen LogP contribution in [0.2, 0.25) is 0 Å². The predicted molar refractivity (Wildman–Crippen MR) is 75.2 cm³/mol. The van der Waals surface area contributed by atoms with E-state index in [1.807, 2.05) is 6.92 Å². The van der Waals surface area contributed by atoms with Gasteiger partial charge < -0.3 is 15.0 Å². The standard InChI is InChI=1S/C15H21FN2O2/c1-3-13(20-14-7-5-4-6-12(14)16)15(19)18(2)11-8-9-17-10-11/h4-7,11,13,17H,3,8-10H2,1-2H3. The SMILES string of the molecule is CCC(Oc1ccccc1F)C(=O)N(C)C1CCNC1. The van der Waals surface area contributed by atoms with Gasteiger partial charge in [0, 0.05) is 19.6 Å². The summed E-state index contributed by atoms with van der Waals surface area (Å²) in [5.41, 5.74) is 0. The smallest absolute Gasteiger partial charge is 0.263 e. The molecule has 0 spiro atoms. The highest BCUT2D eigenvalue weighted by atomic mass is 19.1. The Kier molecular flexibility index (Phi) is 4.95. The minimum atomic E-state index is -0.641. The summed E-state index contributed by atoms with van der Waals surface area (Å²) in [7, 11) is 1.79. The molecule has 1 saturated heterocycles. The van der Waals surface area contributed by atoms with E-state index in [1.165, 1.54) is 6.07 Å². The molecule has 1 fully saturated rings. The molecule has 20 heavy (non-hydrogen) atoms. The lowest BCUT2D eigenvalue weighted by molar-refractivity contribution is -0.139. The van der Waals surface area contributed by atoms with E-state index in [1.54, 1.807) is 30.1 Å². The van der Waals surface area contributed by atoms with Crippen LogP contribution in [0.15, 0.2) is 24.3 Å². The first-order valence-electron chi connectivity index (χ1n) is 7.02. The number of hydrogen-bond acceptors (Lipinski definition) is 3. The number of hydrogen-bond donors (Lipinski definition) is 1. The van der Waals surface area contributed by atoms with E-state index in [2.05, 4.69) is 5.32 Å². The van der Waals surface area contributed by atoms with E-state index in [9.17, 15) is 9.18 Å². The maximum Gasteiger partial charge on any atom is 0.263 e. The molecule has 1 aromatic carbocycles. The Labute approximate surface area is 118 Å². The quantitative estimate of drug-likeness (QED) is 0.894. The van der Waals surface area contributed by atoms with Gasteiger partial charge in [0.15, 0.2) is 17.7 Å². The first kappa shape index (κ1) is 14.8. The fraction of sp³-hybridized carbons (Fsp3) is 0.533. The Hall–Kier alpha value is -1.62. The van der Waals surface area contributed by atoms with Gasteiger partial charge in [0.2, 0.25) is 0 Å². The molecular formula is C15H21FN2O2. The summed E-state index contributed by atoms with van der Waals surface area (Å²) < 4.78 is 19.1. The van der Waals surface area contributed by atoms with Gasteiger partial charge in [0.05, 0.1) is 0 Å². The number of rotatable bonds is 5. The van der Waals surface area contributed by atoms with Gasteiger partial charge in [-0.1, -0.05) is 19.1 Å². The zero-order chi connectivity index (χ0) is 14.5. The number of benzene rings is 1. The van der Waals surface area contributed by atoms with Crippen LogP contribution < -0.4 is 10.1 Å². The van der Waals surface area contributed by atoms with Crippen LogP contribution in [0.5, 0.6) is 5.75 Å². The van der Waals surface area contributed by atoms with Gasteiger partial charge in [0.25, 0.3) is 5.91 Å². The summed E-state index contributed by atoms with van der Waals surface area (Å²) >= 11 is 0. The molecule has 0 radical (unpaired) electrons. The molecule has 1 N–H and O–H groups in total. The highest BCUT2D eigenvalue weighted by Crippen LogP contribution is 2.19. The van der Waals surface area contributed by atoms with E-state index in [4.69, 9.17) is 4.74 Å². The molecule has 2 atom stereocenters. The van der Waals surface area contributed by atoms with Crippen LogP contribution in [0.25, 0.3) is 0 Å². The summed E-state index contributed by atoms with van der Waals surface area (Å²) in [6.07, 6.45) is 0.813. The molecule has 4 nitrogen and oxygen atoms in total. The van der Waals surface area contributed by atoms with E-state index >= 15 is 0 Å². The molecular weight excluding hydrogens is 259 g/mol. The molecule has 0 aromatic heterocycles. The van der Waals surface area contributed by atoms with Gasteiger partial charge in [-0.3, -0.25) is 4.79 Å². The average Bonchev–Trinajstić information content (AvgIpc) is 2.99. The number of ether oxygens (including phenoxy) is 1. The average molecular weight is 280 g/mol. The van der Waals surface area contributed by atoms with Crippen LogP contribution in [0, 0.1) is 5.82 Å². The second-order valence-corrected chi connectivity index (χ2v) is 5.04. The van der Waals surface area contributed by atoms with Crippen molar-refractivity contribution in [2.24, 2.45) is 0 Å². The molecule has 0 saturated carbocycles. The maximum atomic E-state index is 13.6. The maximum absolute atomic E-state index is 13.6. The zero-order valence-electron chi connectivity index (χ0n) is 11.9. The van der Waals surface area contributed by atoms with Gasteiger partial charge in [0.1, 0.15) is 0 Å². The molecule has 1 amide bonds. The fourth-order valence-electron chi connectivity index (χ4n) is 2.38. The topological polar surface area (TPSA) is 41.6 Å². The Morgan fingerprint density at radius 2 is 2.30 bits per heavy atom. The van der Waals surface area contributed by atoms with Gasteiger partial charge in [-0.25, -0.2) is 4.39 Å². The Balaban J connectivity index is 2.03. The lowest BCUT2D eigenvalue weighted by atomic mass is 10.2. The molecule has 1 heterocycles. The Morgan fingerprint density at radius 3 is 2.90 bits per heavy atom. The van der Waals surface area contributed by atoms with Crippen LogP contribution >= 0.6 is 0 Å². The molecule has 5 heteroatoms. The molecule has 0 bridgehead atoms. The van der Waals surface area contributed by atoms with Crippen LogP contribution in [0.4, 0.5) is 4.39 Å². The minimum Gasteiger partial charge on any atom is -0.478 e. The molecule has 1 aliphatic rings. The number of amides is 1. The summed E-state index contributed by atoms with van der Waals surface area (Å²) in [6.45, 7) is 3.59. The number of likely N-dealkylation sites (N-methyl/N-ethyl adjacent to an activating group) is 1. The number of nitrogens with one attached hydrogen (secondary N) is 1. The van der Waals surface area contributed by atoms with Crippen molar-refractivity contribution in [2.75, 3.05) is 20.1 Å². The second-order valence-electron chi connectivity index (χ2n) is 5.04. The van der Waals surface area contributed by atoms with Crippen molar-refractivity contribution >= 4 is 5.91 Å².